The van der Waals surface area contributed by atoms with Crippen molar-refractivity contribution < 1.29 is 37.0 Å². The van der Waals surface area contributed by atoms with E-state index in [0.29, 0.717) is 11.6 Å². The fourth-order valence-electron chi connectivity index (χ4n) is 3.26. The number of alkyl halides is 3. The third kappa shape index (κ3) is 4.95. The van der Waals surface area contributed by atoms with E-state index >= 15 is 0 Å². The molecule has 172 valence electrons. The van der Waals surface area contributed by atoms with Gasteiger partial charge in [-0.1, -0.05) is 17.7 Å². The van der Waals surface area contributed by atoms with E-state index < -0.39 is 41.0 Å². The van der Waals surface area contributed by atoms with Gasteiger partial charge in [0.15, 0.2) is 17.2 Å². The second kappa shape index (κ2) is 9.32. The Kier molecular flexibility index (Phi) is 6.92. The van der Waals surface area contributed by atoms with E-state index in [1.165, 1.54) is 0 Å². The Labute approximate surface area is 186 Å². The van der Waals surface area contributed by atoms with Crippen LogP contribution in [0.3, 0.4) is 0 Å². The number of nitrogens with zero attached hydrogens (tertiary/aromatic N) is 2. The Hall–Kier alpha value is -2.88. The first kappa shape index (κ1) is 23.8. The van der Waals surface area contributed by atoms with Gasteiger partial charge in [-0.05, 0) is 44.7 Å². The largest absolute Gasteiger partial charge is 0.461 e. The highest BCUT2D eigenvalue weighted by atomic mass is 35.5. The number of hydrogen-bond donors (Lipinski definition) is 0. The van der Waals surface area contributed by atoms with Gasteiger partial charge in [0.1, 0.15) is 6.54 Å². The minimum Gasteiger partial charge on any atom is -0.461 e. The molecule has 3 rings (SSSR count). The SMILES string of the molecule is CCOC(=O)c1nn(CC(=O)c2ccc(C(F)(F)F)c(Cl)c2)c(C(=O)OCC)c1C1CC1. The van der Waals surface area contributed by atoms with Crippen LogP contribution in [0.15, 0.2) is 18.2 Å². The predicted molar refractivity (Wildman–Crippen MR) is 107 cm³/mol. The topological polar surface area (TPSA) is 87.5 Å². The number of ether oxygens (including phenoxy) is 2. The van der Waals surface area contributed by atoms with E-state index in [1.54, 1.807) is 13.8 Å². The first-order valence-electron chi connectivity index (χ1n) is 9.93. The van der Waals surface area contributed by atoms with Crippen LogP contribution >= 0.6 is 11.6 Å². The lowest BCUT2D eigenvalue weighted by Gasteiger charge is -2.11. The molecule has 1 aromatic heterocycles. The van der Waals surface area contributed by atoms with E-state index in [4.69, 9.17) is 21.1 Å². The maximum atomic E-state index is 12.9. The van der Waals surface area contributed by atoms with Crippen molar-refractivity contribution in [3.05, 3.63) is 51.3 Å². The normalized spacial score (nSPS) is 13.7. The van der Waals surface area contributed by atoms with Gasteiger partial charge in [-0.2, -0.15) is 18.3 Å². The molecule has 0 atom stereocenters. The zero-order valence-corrected chi connectivity index (χ0v) is 18.0. The van der Waals surface area contributed by atoms with E-state index in [-0.39, 0.29) is 36.1 Å². The molecule has 1 aromatic carbocycles. The average molecular weight is 473 g/mol. The molecule has 11 heteroatoms. The van der Waals surface area contributed by atoms with Crippen LogP contribution in [0.4, 0.5) is 13.2 Å². The van der Waals surface area contributed by atoms with Crippen LogP contribution in [-0.2, 0) is 22.2 Å². The number of hydrogen-bond acceptors (Lipinski definition) is 6. The Bertz CT molecular complexity index is 1060. The number of Topliss-reactive ketones (excluding diaryl/α,β-unsaturated/α-hetero) is 1. The third-order valence-electron chi connectivity index (χ3n) is 4.80. The fourth-order valence-corrected chi connectivity index (χ4v) is 3.55. The molecule has 0 bridgehead atoms. The molecule has 0 unspecified atom stereocenters. The summed E-state index contributed by atoms with van der Waals surface area (Å²) in [5, 5.41) is 3.52. The Morgan fingerprint density at radius 1 is 1.12 bits per heavy atom. The number of rotatable bonds is 8. The molecule has 1 saturated carbocycles. The van der Waals surface area contributed by atoms with Crippen LogP contribution in [0.25, 0.3) is 0 Å². The lowest BCUT2D eigenvalue weighted by atomic mass is 10.1. The average Bonchev–Trinajstić information content (AvgIpc) is 3.48. The molecule has 32 heavy (non-hydrogen) atoms. The van der Waals surface area contributed by atoms with Gasteiger partial charge in [-0.15, -0.1) is 0 Å². The smallest absolute Gasteiger partial charge is 0.417 e. The maximum Gasteiger partial charge on any atom is 0.417 e. The summed E-state index contributed by atoms with van der Waals surface area (Å²) in [6.45, 7) is 2.88. The standard InChI is InChI=1S/C21H20ClF3N2O5/c1-3-31-19(29)17-16(11-5-6-11)18(20(30)32-4-2)27(26-17)10-15(28)12-7-8-13(14(22)9-12)21(23,24)25/h7-9,11H,3-6,10H2,1-2H3. The first-order valence-corrected chi connectivity index (χ1v) is 10.3. The minimum atomic E-state index is -4.66. The molecule has 1 aliphatic carbocycles. The van der Waals surface area contributed by atoms with Crippen molar-refractivity contribution in [1.29, 1.82) is 0 Å². The maximum absolute atomic E-state index is 12.9. The highest BCUT2D eigenvalue weighted by Crippen LogP contribution is 2.44. The molecule has 7 nitrogen and oxygen atoms in total. The molecule has 0 amide bonds. The second-order valence-electron chi connectivity index (χ2n) is 7.10. The Balaban J connectivity index is 2.00. The Morgan fingerprint density at radius 2 is 1.75 bits per heavy atom. The van der Waals surface area contributed by atoms with Crippen molar-refractivity contribution in [2.45, 2.75) is 45.3 Å². The molecular formula is C21H20ClF3N2O5. The van der Waals surface area contributed by atoms with Crippen LogP contribution in [-0.4, -0.2) is 40.7 Å². The molecule has 0 aliphatic heterocycles. The second-order valence-corrected chi connectivity index (χ2v) is 7.51. The van der Waals surface area contributed by atoms with Crippen molar-refractivity contribution in [2.24, 2.45) is 0 Å². The number of aromatic nitrogens is 2. The summed E-state index contributed by atoms with van der Waals surface area (Å²) in [6, 6.07) is 2.62. The lowest BCUT2D eigenvalue weighted by molar-refractivity contribution is -0.137. The summed E-state index contributed by atoms with van der Waals surface area (Å²) in [6.07, 6.45) is -3.20. The van der Waals surface area contributed by atoms with Crippen molar-refractivity contribution in [3.63, 3.8) is 0 Å². The summed E-state index contributed by atoms with van der Waals surface area (Å²) in [7, 11) is 0. The highest BCUT2D eigenvalue weighted by molar-refractivity contribution is 6.31. The van der Waals surface area contributed by atoms with Gasteiger partial charge < -0.3 is 9.47 Å². The first-order chi connectivity index (χ1) is 15.1. The third-order valence-corrected chi connectivity index (χ3v) is 5.11. The summed E-state index contributed by atoms with van der Waals surface area (Å²) in [5.41, 5.74) is -0.916. The predicted octanol–water partition coefficient (Wildman–Crippen LogP) is 4.67. The summed E-state index contributed by atoms with van der Waals surface area (Å²) in [4.78, 5) is 37.9. The van der Waals surface area contributed by atoms with Crippen LogP contribution in [0.2, 0.25) is 5.02 Å². The number of halogens is 4. The molecule has 2 aromatic rings. The summed E-state index contributed by atoms with van der Waals surface area (Å²) < 4.78 is 50.0. The Morgan fingerprint density at radius 3 is 2.28 bits per heavy atom. The summed E-state index contributed by atoms with van der Waals surface area (Å²) >= 11 is 5.71. The van der Waals surface area contributed by atoms with E-state index in [2.05, 4.69) is 5.10 Å². The molecular weight excluding hydrogens is 453 g/mol. The highest BCUT2D eigenvalue weighted by Gasteiger charge is 2.39. The number of esters is 2. The molecule has 0 spiro atoms. The molecule has 0 N–H and O–H groups in total. The molecule has 0 radical (unpaired) electrons. The van der Waals surface area contributed by atoms with Gasteiger partial charge in [-0.25, -0.2) is 14.3 Å². The van der Waals surface area contributed by atoms with E-state index in [0.717, 1.165) is 29.7 Å². The van der Waals surface area contributed by atoms with Crippen molar-refractivity contribution in [2.75, 3.05) is 13.2 Å². The van der Waals surface area contributed by atoms with Gasteiger partial charge in [0, 0.05) is 11.1 Å². The number of carbonyl (C=O) groups excluding carboxylic acids is 3. The number of benzene rings is 1. The summed E-state index contributed by atoms with van der Waals surface area (Å²) in [5.74, 6) is -2.23. The molecule has 1 aliphatic rings. The quantitative estimate of drug-likeness (QED) is 0.410. The molecule has 1 fully saturated rings. The number of ketones is 1. The zero-order valence-electron chi connectivity index (χ0n) is 17.3. The minimum absolute atomic E-state index is 0.0382. The van der Waals surface area contributed by atoms with Gasteiger partial charge in [-0.3, -0.25) is 4.79 Å². The van der Waals surface area contributed by atoms with E-state index in [1.807, 2.05) is 0 Å². The van der Waals surface area contributed by atoms with Crippen molar-refractivity contribution in [3.8, 4) is 0 Å². The van der Waals surface area contributed by atoms with Crippen molar-refractivity contribution >= 4 is 29.3 Å². The monoisotopic (exact) mass is 472 g/mol. The number of carbonyl (C=O) groups is 3. The van der Waals surface area contributed by atoms with Crippen LogP contribution < -0.4 is 0 Å². The van der Waals surface area contributed by atoms with Crippen LogP contribution in [0.1, 0.15) is 75.1 Å². The molecule has 0 saturated heterocycles. The van der Waals surface area contributed by atoms with Gasteiger partial charge in [0.2, 0.25) is 0 Å². The lowest BCUT2D eigenvalue weighted by Crippen LogP contribution is -2.19. The van der Waals surface area contributed by atoms with E-state index in [9.17, 15) is 27.6 Å². The fraction of sp³-hybridized carbons (Fsp3) is 0.429. The molecule has 1 heterocycles. The van der Waals surface area contributed by atoms with Crippen LogP contribution in [0.5, 0.6) is 0 Å². The zero-order chi connectivity index (χ0) is 23.6. The van der Waals surface area contributed by atoms with Crippen molar-refractivity contribution in [1.82, 2.24) is 9.78 Å². The van der Waals surface area contributed by atoms with Gasteiger partial charge in [0.05, 0.1) is 23.8 Å². The van der Waals surface area contributed by atoms with Gasteiger partial charge >= 0.3 is 18.1 Å². The van der Waals surface area contributed by atoms with Gasteiger partial charge in [0.25, 0.3) is 0 Å². The van der Waals surface area contributed by atoms with Crippen LogP contribution in [0, 0.1) is 0 Å².